The third-order valence-electron chi connectivity index (χ3n) is 2.55. The summed E-state index contributed by atoms with van der Waals surface area (Å²) in [5.74, 6) is 0.799. The van der Waals surface area contributed by atoms with Gasteiger partial charge in [0.25, 0.3) is 5.69 Å². The lowest BCUT2D eigenvalue weighted by Gasteiger charge is -2.03. The molecular weight excluding hydrogens is 232 g/mol. The van der Waals surface area contributed by atoms with Crippen molar-refractivity contribution in [2.45, 2.75) is 13.8 Å². The SMILES string of the molecule is CCNc1cc(C)n(-c2ccc([N+](=O)[O-])cc2)n1. The Morgan fingerprint density at radius 3 is 2.61 bits per heavy atom. The van der Waals surface area contributed by atoms with Crippen molar-refractivity contribution >= 4 is 11.5 Å². The number of benzene rings is 1. The Balaban J connectivity index is 2.33. The van der Waals surface area contributed by atoms with Crippen LogP contribution in [0, 0.1) is 17.0 Å². The van der Waals surface area contributed by atoms with Crippen LogP contribution >= 0.6 is 0 Å². The van der Waals surface area contributed by atoms with Crippen molar-refractivity contribution in [1.29, 1.82) is 0 Å². The monoisotopic (exact) mass is 246 g/mol. The van der Waals surface area contributed by atoms with Crippen LogP contribution in [0.15, 0.2) is 30.3 Å². The lowest BCUT2D eigenvalue weighted by Crippen LogP contribution is -2.01. The van der Waals surface area contributed by atoms with Crippen molar-refractivity contribution in [2.75, 3.05) is 11.9 Å². The fraction of sp³-hybridized carbons (Fsp3) is 0.250. The number of hydrogen-bond donors (Lipinski definition) is 1. The normalized spacial score (nSPS) is 10.3. The zero-order valence-electron chi connectivity index (χ0n) is 10.3. The number of rotatable bonds is 4. The molecule has 0 atom stereocenters. The first-order chi connectivity index (χ1) is 8.61. The summed E-state index contributed by atoms with van der Waals surface area (Å²) in [5, 5.41) is 18.1. The van der Waals surface area contributed by atoms with E-state index in [-0.39, 0.29) is 5.69 Å². The van der Waals surface area contributed by atoms with Crippen LogP contribution in [0.2, 0.25) is 0 Å². The minimum absolute atomic E-state index is 0.0791. The van der Waals surface area contributed by atoms with E-state index in [1.807, 2.05) is 19.9 Å². The Morgan fingerprint density at radius 1 is 1.39 bits per heavy atom. The third kappa shape index (κ3) is 2.32. The molecule has 1 N–H and O–H groups in total. The number of nitrogens with zero attached hydrogens (tertiary/aromatic N) is 3. The van der Waals surface area contributed by atoms with Crippen molar-refractivity contribution in [2.24, 2.45) is 0 Å². The van der Waals surface area contributed by atoms with Crippen molar-refractivity contribution in [1.82, 2.24) is 9.78 Å². The Hall–Kier alpha value is -2.37. The van der Waals surface area contributed by atoms with Gasteiger partial charge in [0.1, 0.15) is 5.82 Å². The fourth-order valence-corrected chi connectivity index (χ4v) is 1.72. The first-order valence-corrected chi connectivity index (χ1v) is 5.67. The molecule has 0 saturated heterocycles. The van der Waals surface area contributed by atoms with Gasteiger partial charge in [-0.05, 0) is 26.0 Å². The topological polar surface area (TPSA) is 73.0 Å². The van der Waals surface area contributed by atoms with Crippen LogP contribution < -0.4 is 5.32 Å². The Labute approximate surface area is 104 Å². The number of nitro groups is 1. The van der Waals surface area contributed by atoms with Gasteiger partial charge in [0.15, 0.2) is 0 Å². The van der Waals surface area contributed by atoms with Crippen molar-refractivity contribution in [3.8, 4) is 5.69 Å². The summed E-state index contributed by atoms with van der Waals surface area (Å²) in [6.45, 7) is 4.74. The van der Waals surface area contributed by atoms with Crippen molar-refractivity contribution in [3.05, 3.63) is 46.1 Å². The van der Waals surface area contributed by atoms with Crippen LogP contribution in [-0.4, -0.2) is 21.2 Å². The van der Waals surface area contributed by atoms with E-state index in [1.54, 1.807) is 16.8 Å². The molecule has 1 aromatic carbocycles. The molecule has 0 bridgehead atoms. The Morgan fingerprint density at radius 2 is 2.06 bits per heavy atom. The second-order valence-electron chi connectivity index (χ2n) is 3.89. The number of hydrogen-bond acceptors (Lipinski definition) is 4. The standard InChI is InChI=1S/C12H14N4O2/c1-3-13-12-8-9(2)15(14-12)10-4-6-11(7-5-10)16(17)18/h4-8H,3H2,1-2H3,(H,13,14). The van der Waals surface area contributed by atoms with Crippen LogP contribution in [-0.2, 0) is 0 Å². The Bertz CT molecular complexity index is 560. The summed E-state index contributed by atoms with van der Waals surface area (Å²) in [6, 6.07) is 8.26. The van der Waals surface area contributed by atoms with E-state index in [2.05, 4.69) is 10.4 Å². The maximum Gasteiger partial charge on any atom is 0.269 e. The highest BCUT2D eigenvalue weighted by Gasteiger charge is 2.08. The van der Waals surface area contributed by atoms with E-state index in [9.17, 15) is 10.1 Å². The maximum atomic E-state index is 10.6. The molecule has 0 radical (unpaired) electrons. The second-order valence-corrected chi connectivity index (χ2v) is 3.89. The molecule has 0 aliphatic rings. The van der Waals surface area contributed by atoms with Gasteiger partial charge < -0.3 is 5.32 Å². The molecule has 6 heteroatoms. The third-order valence-corrected chi connectivity index (χ3v) is 2.55. The molecule has 0 spiro atoms. The fourth-order valence-electron chi connectivity index (χ4n) is 1.72. The second kappa shape index (κ2) is 4.87. The van der Waals surface area contributed by atoms with Crippen LogP contribution in [0.3, 0.4) is 0 Å². The van der Waals surface area contributed by atoms with Gasteiger partial charge in [0.2, 0.25) is 0 Å². The molecule has 18 heavy (non-hydrogen) atoms. The highest BCUT2D eigenvalue weighted by molar-refractivity contribution is 5.44. The van der Waals surface area contributed by atoms with E-state index in [0.29, 0.717) is 0 Å². The molecule has 94 valence electrons. The molecule has 0 unspecified atom stereocenters. The van der Waals surface area contributed by atoms with E-state index >= 15 is 0 Å². The maximum absolute atomic E-state index is 10.6. The number of nitro benzene ring substituents is 1. The highest BCUT2D eigenvalue weighted by Crippen LogP contribution is 2.18. The summed E-state index contributed by atoms with van der Waals surface area (Å²) < 4.78 is 1.75. The van der Waals surface area contributed by atoms with E-state index in [0.717, 1.165) is 23.7 Å². The van der Waals surface area contributed by atoms with Crippen molar-refractivity contribution < 1.29 is 4.92 Å². The molecule has 0 aliphatic carbocycles. The lowest BCUT2D eigenvalue weighted by atomic mass is 10.3. The van der Waals surface area contributed by atoms with E-state index in [4.69, 9.17) is 0 Å². The predicted molar refractivity (Wildman–Crippen MR) is 69.1 cm³/mol. The zero-order valence-corrected chi connectivity index (χ0v) is 10.3. The molecule has 0 saturated carbocycles. The summed E-state index contributed by atoms with van der Waals surface area (Å²) >= 11 is 0. The van der Waals surface area contributed by atoms with E-state index in [1.165, 1.54) is 12.1 Å². The summed E-state index contributed by atoms with van der Waals surface area (Å²) in [6.07, 6.45) is 0. The highest BCUT2D eigenvalue weighted by atomic mass is 16.6. The molecule has 2 aromatic rings. The van der Waals surface area contributed by atoms with Gasteiger partial charge in [-0.1, -0.05) is 0 Å². The van der Waals surface area contributed by atoms with Crippen molar-refractivity contribution in [3.63, 3.8) is 0 Å². The largest absolute Gasteiger partial charge is 0.369 e. The Kier molecular flexibility index (Phi) is 3.27. The number of aryl methyl sites for hydroxylation is 1. The molecular formula is C12H14N4O2. The van der Waals surface area contributed by atoms with Gasteiger partial charge in [0.05, 0.1) is 10.6 Å². The smallest absolute Gasteiger partial charge is 0.269 e. The lowest BCUT2D eigenvalue weighted by molar-refractivity contribution is -0.384. The molecule has 0 amide bonds. The number of non-ortho nitro benzene ring substituents is 1. The molecule has 1 heterocycles. The van der Waals surface area contributed by atoms with Gasteiger partial charge in [-0.3, -0.25) is 10.1 Å². The average Bonchev–Trinajstić information content (AvgIpc) is 2.71. The first-order valence-electron chi connectivity index (χ1n) is 5.67. The molecule has 2 rings (SSSR count). The molecule has 1 aromatic heterocycles. The van der Waals surface area contributed by atoms with Gasteiger partial charge >= 0.3 is 0 Å². The van der Waals surface area contributed by atoms with Crippen LogP contribution in [0.4, 0.5) is 11.5 Å². The quantitative estimate of drug-likeness (QED) is 0.664. The summed E-state index contributed by atoms with van der Waals surface area (Å²) in [4.78, 5) is 10.2. The summed E-state index contributed by atoms with van der Waals surface area (Å²) in [7, 11) is 0. The minimum Gasteiger partial charge on any atom is -0.369 e. The predicted octanol–water partition coefficient (Wildman–Crippen LogP) is 2.52. The molecule has 0 aliphatic heterocycles. The van der Waals surface area contributed by atoms with Crippen LogP contribution in [0.1, 0.15) is 12.6 Å². The molecule has 6 nitrogen and oxygen atoms in total. The number of nitrogens with one attached hydrogen (secondary N) is 1. The van der Waals surface area contributed by atoms with Gasteiger partial charge in [-0.2, -0.15) is 5.10 Å². The average molecular weight is 246 g/mol. The van der Waals surface area contributed by atoms with Crippen LogP contribution in [0.25, 0.3) is 5.69 Å². The first kappa shape index (κ1) is 12.1. The van der Waals surface area contributed by atoms with E-state index < -0.39 is 4.92 Å². The zero-order chi connectivity index (χ0) is 13.1. The van der Waals surface area contributed by atoms with Gasteiger partial charge in [0, 0.05) is 30.4 Å². The molecule has 0 fully saturated rings. The minimum atomic E-state index is -0.413. The summed E-state index contributed by atoms with van der Waals surface area (Å²) in [5.41, 5.74) is 1.86. The number of anilines is 1. The van der Waals surface area contributed by atoms with Gasteiger partial charge in [-0.15, -0.1) is 0 Å². The number of aromatic nitrogens is 2. The van der Waals surface area contributed by atoms with Gasteiger partial charge in [-0.25, -0.2) is 4.68 Å². The van der Waals surface area contributed by atoms with Crippen LogP contribution in [0.5, 0.6) is 0 Å².